The van der Waals surface area contributed by atoms with Gasteiger partial charge in [0.25, 0.3) is 0 Å². The van der Waals surface area contributed by atoms with Crippen molar-refractivity contribution in [3.8, 4) is 0 Å². The van der Waals surface area contributed by atoms with Crippen molar-refractivity contribution in [3.63, 3.8) is 0 Å². The monoisotopic (exact) mass is 310 g/mol. The van der Waals surface area contributed by atoms with Crippen LogP contribution in [0.25, 0.3) is 0 Å². The highest BCUT2D eigenvalue weighted by molar-refractivity contribution is 5.96. The lowest BCUT2D eigenvalue weighted by Crippen LogP contribution is -2.30. The minimum atomic E-state index is -0.289. The Kier molecular flexibility index (Phi) is 5.92. The van der Waals surface area contributed by atoms with E-state index in [-0.39, 0.29) is 18.2 Å². The fourth-order valence-corrected chi connectivity index (χ4v) is 2.29. The van der Waals surface area contributed by atoms with Gasteiger partial charge in [0, 0.05) is 24.2 Å². The quantitative estimate of drug-likeness (QED) is 0.794. The summed E-state index contributed by atoms with van der Waals surface area (Å²) in [6.45, 7) is 4.33. The highest BCUT2D eigenvalue weighted by Gasteiger charge is 2.08. The number of carbonyl (C=O) groups excluding carboxylic acids is 2. The highest BCUT2D eigenvalue weighted by atomic mass is 16.2. The van der Waals surface area contributed by atoms with Crippen LogP contribution in [0.4, 0.5) is 10.5 Å². The summed E-state index contributed by atoms with van der Waals surface area (Å²) in [4.78, 5) is 23.9. The van der Waals surface area contributed by atoms with Gasteiger partial charge < -0.3 is 10.6 Å². The second kappa shape index (κ2) is 8.13. The van der Waals surface area contributed by atoms with Crippen LogP contribution in [0.3, 0.4) is 0 Å². The lowest BCUT2D eigenvalue weighted by molar-refractivity contribution is 0.0984. The second-order valence-corrected chi connectivity index (χ2v) is 5.43. The van der Waals surface area contributed by atoms with E-state index in [2.05, 4.69) is 10.6 Å². The highest BCUT2D eigenvalue weighted by Crippen LogP contribution is 2.15. The molecule has 4 nitrogen and oxygen atoms in total. The average Bonchev–Trinajstić information content (AvgIpc) is 2.56. The number of anilines is 1. The van der Waals surface area contributed by atoms with Gasteiger partial charge in [0.15, 0.2) is 5.78 Å². The first-order chi connectivity index (χ1) is 11.1. The van der Waals surface area contributed by atoms with Gasteiger partial charge in [-0.05, 0) is 25.0 Å². The smallest absolute Gasteiger partial charge is 0.319 e. The van der Waals surface area contributed by atoms with E-state index < -0.39 is 0 Å². The Hall–Kier alpha value is -2.62. The summed E-state index contributed by atoms with van der Waals surface area (Å²) in [5.41, 5.74) is 3.68. The number of carbonyl (C=O) groups is 2. The minimum absolute atomic E-state index is 0.0271. The van der Waals surface area contributed by atoms with Crippen molar-refractivity contribution in [1.29, 1.82) is 0 Å². The maximum atomic E-state index is 12.0. The largest absolute Gasteiger partial charge is 0.337 e. The molecule has 0 unspecified atom stereocenters. The molecule has 2 aromatic rings. The Labute approximate surface area is 136 Å². The number of para-hydroxylation sites is 1. The topological polar surface area (TPSA) is 58.2 Å². The normalized spacial score (nSPS) is 10.2. The summed E-state index contributed by atoms with van der Waals surface area (Å²) in [5.74, 6) is 0.0271. The summed E-state index contributed by atoms with van der Waals surface area (Å²) in [6.07, 6.45) is 1.13. The number of rotatable bonds is 6. The van der Waals surface area contributed by atoms with Crippen molar-refractivity contribution in [1.82, 2.24) is 5.32 Å². The third kappa shape index (κ3) is 4.95. The van der Waals surface area contributed by atoms with Gasteiger partial charge in [-0.3, -0.25) is 4.79 Å². The predicted molar refractivity (Wildman–Crippen MR) is 93.0 cm³/mol. The Bertz CT molecular complexity index is 678. The molecule has 0 aromatic heterocycles. The Morgan fingerprint density at radius 3 is 2.39 bits per heavy atom. The molecule has 2 N–H and O–H groups in total. The van der Waals surface area contributed by atoms with Gasteiger partial charge in [-0.1, -0.05) is 55.0 Å². The zero-order valence-electron chi connectivity index (χ0n) is 13.6. The van der Waals surface area contributed by atoms with E-state index in [4.69, 9.17) is 0 Å². The van der Waals surface area contributed by atoms with Gasteiger partial charge in [-0.15, -0.1) is 0 Å². The molecule has 0 aliphatic heterocycles. The van der Waals surface area contributed by atoms with Crippen LogP contribution in [0.1, 0.15) is 34.8 Å². The molecule has 0 aliphatic rings. The molecule has 0 atom stereocenters. The maximum absolute atomic E-state index is 12.0. The van der Waals surface area contributed by atoms with E-state index in [1.165, 1.54) is 0 Å². The third-order valence-corrected chi connectivity index (χ3v) is 3.66. The fourth-order valence-electron chi connectivity index (χ4n) is 2.29. The van der Waals surface area contributed by atoms with Crippen molar-refractivity contribution in [2.75, 3.05) is 11.9 Å². The second-order valence-electron chi connectivity index (χ2n) is 5.43. The molecular weight excluding hydrogens is 288 g/mol. The van der Waals surface area contributed by atoms with Gasteiger partial charge in [0.2, 0.25) is 0 Å². The molecule has 0 aliphatic carbocycles. The molecule has 0 saturated heterocycles. The number of nitrogens with one attached hydrogen (secondary N) is 2. The third-order valence-electron chi connectivity index (χ3n) is 3.66. The molecular formula is C19H22N2O2. The zero-order chi connectivity index (χ0) is 16.7. The number of hydrogen-bond donors (Lipinski definition) is 2. The minimum Gasteiger partial charge on any atom is -0.337 e. The summed E-state index contributed by atoms with van der Waals surface area (Å²) < 4.78 is 0. The molecule has 2 aromatic carbocycles. The van der Waals surface area contributed by atoms with E-state index in [1.54, 1.807) is 0 Å². The van der Waals surface area contributed by atoms with Crippen molar-refractivity contribution in [2.45, 2.75) is 26.7 Å². The zero-order valence-corrected chi connectivity index (χ0v) is 13.6. The molecule has 0 spiro atoms. The molecule has 4 heteroatoms. The maximum Gasteiger partial charge on any atom is 0.319 e. The number of ketones is 1. The van der Waals surface area contributed by atoms with Crippen LogP contribution < -0.4 is 10.6 Å². The summed E-state index contributed by atoms with van der Waals surface area (Å²) in [6, 6.07) is 14.8. The molecule has 0 fully saturated rings. The van der Waals surface area contributed by atoms with Crippen LogP contribution in [0.5, 0.6) is 0 Å². The Morgan fingerprint density at radius 2 is 1.70 bits per heavy atom. The van der Waals surface area contributed by atoms with E-state index in [1.807, 2.05) is 62.4 Å². The van der Waals surface area contributed by atoms with Crippen LogP contribution in [0.15, 0.2) is 48.5 Å². The predicted octanol–water partition coefficient (Wildman–Crippen LogP) is 3.95. The molecule has 0 radical (unpaired) electrons. The van der Waals surface area contributed by atoms with Crippen molar-refractivity contribution < 1.29 is 9.59 Å². The number of aryl methyl sites for hydroxylation is 2. The van der Waals surface area contributed by atoms with Crippen LogP contribution >= 0.6 is 0 Å². The van der Waals surface area contributed by atoms with Crippen LogP contribution in [-0.4, -0.2) is 18.4 Å². The molecule has 0 heterocycles. The number of amides is 2. The number of urea groups is 1. The lowest BCUT2D eigenvalue weighted by Gasteiger charge is -2.10. The molecule has 0 saturated carbocycles. The van der Waals surface area contributed by atoms with Crippen LogP contribution in [0, 0.1) is 6.92 Å². The van der Waals surface area contributed by atoms with E-state index in [0.717, 1.165) is 23.2 Å². The molecule has 120 valence electrons. The first kappa shape index (κ1) is 16.7. The van der Waals surface area contributed by atoms with Gasteiger partial charge in [-0.25, -0.2) is 4.79 Å². The number of hydrogen-bond acceptors (Lipinski definition) is 2. The fraction of sp³-hybridized carbons (Fsp3) is 0.263. The Morgan fingerprint density at radius 1 is 1.00 bits per heavy atom. The summed E-state index contributed by atoms with van der Waals surface area (Å²) >= 11 is 0. The van der Waals surface area contributed by atoms with E-state index >= 15 is 0 Å². The summed E-state index contributed by atoms with van der Waals surface area (Å²) in [7, 11) is 0. The SMILES string of the molecule is CCc1ccccc1NC(=O)NCCC(=O)c1ccc(C)cc1. The average molecular weight is 310 g/mol. The Balaban J connectivity index is 1.80. The van der Waals surface area contributed by atoms with Gasteiger partial charge in [0.05, 0.1) is 0 Å². The van der Waals surface area contributed by atoms with Crippen LogP contribution in [-0.2, 0) is 6.42 Å². The van der Waals surface area contributed by atoms with Crippen molar-refractivity contribution >= 4 is 17.5 Å². The van der Waals surface area contributed by atoms with E-state index in [9.17, 15) is 9.59 Å². The molecule has 2 amide bonds. The standard InChI is InChI=1S/C19H22N2O2/c1-3-15-6-4-5-7-17(15)21-19(23)20-13-12-18(22)16-10-8-14(2)9-11-16/h4-11H,3,12-13H2,1-2H3,(H2,20,21,23). The number of benzene rings is 2. The lowest BCUT2D eigenvalue weighted by atomic mass is 10.1. The van der Waals surface area contributed by atoms with E-state index in [0.29, 0.717) is 12.1 Å². The van der Waals surface area contributed by atoms with Gasteiger partial charge >= 0.3 is 6.03 Å². The van der Waals surface area contributed by atoms with Gasteiger partial charge in [0.1, 0.15) is 0 Å². The molecule has 23 heavy (non-hydrogen) atoms. The summed E-state index contributed by atoms with van der Waals surface area (Å²) in [5, 5.41) is 5.54. The number of Topliss-reactive ketones (excluding diaryl/α,β-unsaturated/α-hetero) is 1. The van der Waals surface area contributed by atoms with Crippen LogP contribution in [0.2, 0.25) is 0 Å². The molecule has 0 bridgehead atoms. The molecule has 2 rings (SSSR count). The van der Waals surface area contributed by atoms with Crippen molar-refractivity contribution in [3.05, 3.63) is 65.2 Å². The first-order valence-electron chi connectivity index (χ1n) is 7.82. The van der Waals surface area contributed by atoms with Crippen molar-refractivity contribution in [2.24, 2.45) is 0 Å². The first-order valence-corrected chi connectivity index (χ1v) is 7.82. The van der Waals surface area contributed by atoms with Gasteiger partial charge in [-0.2, -0.15) is 0 Å².